The van der Waals surface area contributed by atoms with Crippen molar-refractivity contribution in [2.24, 2.45) is 4.99 Å². The minimum absolute atomic E-state index is 0.0514. The fourth-order valence-corrected chi connectivity index (χ4v) is 4.12. The van der Waals surface area contributed by atoms with E-state index < -0.39 is 10.0 Å². The fourth-order valence-electron chi connectivity index (χ4n) is 2.48. The van der Waals surface area contributed by atoms with E-state index in [0.717, 1.165) is 0 Å². The van der Waals surface area contributed by atoms with Crippen LogP contribution in [0.15, 0.2) is 59.1 Å². The second-order valence-electron chi connectivity index (χ2n) is 5.32. The predicted molar refractivity (Wildman–Crippen MR) is 93.6 cm³/mol. The minimum Gasteiger partial charge on any atom is -0.263 e. The van der Waals surface area contributed by atoms with Crippen LogP contribution in [0.1, 0.15) is 18.1 Å². The molecule has 2 aromatic carbocycles. The van der Waals surface area contributed by atoms with Crippen LogP contribution < -0.4 is 4.72 Å². The molecule has 0 atom stereocenters. The molecule has 0 aromatic heterocycles. The van der Waals surface area contributed by atoms with Crippen LogP contribution in [0.5, 0.6) is 0 Å². The third-order valence-corrected chi connectivity index (χ3v) is 5.46. The average Bonchev–Trinajstić information content (AvgIpc) is 2.77. The summed E-state index contributed by atoms with van der Waals surface area (Å²) in [5.74, 6) is -0.148. The number of rotatable bonds is 3. The molecule has 0 saturated heterocycles. The van der Waals surface area contributed by atoms with E-state index in [1.54, 1.807) is 49.4 Å². The summed E-state index contributed by atoms with van der Waals surface area (Å²) >= 11 is 5.85. The van der Waals surface area contributed by atoms with E-state index in [4.69, 9.17) is 11.6 Å². The van der Waals surface area contributed by atoms with Crippen molar-refractivity contribution in [3.05, 3.63) is 76.1 Å². The van der Waals surface area contributed by atoms with Gasteiger partial charge in [-0.15, -0.1) is 0 Å². The highest BCUT2D eigenvalue weighted by Gasteiger charge is 2.32. The van der Waals surface area contributed by atoms with Gasteiger partial charge in [-0.2, -0.15) is 0 Å². The molecule has 0 saturated carbocycles. The van der Waals surface area contributed by atoms with Gasteiger partial charge in [-0.1, -0.05) is 41.9 Å². The lowest BCUT2D eigenvalue weighted by Gasteiger charge is -2.03. The summed E-state index contributed by atoms with van der Waals surface area (Å²) in [5.41, 5.74) is 1.42. The quantitative estimate of drug-likeness (QED) is 0.901. The molecule has 1 aliphatic rings. The Hall–Kier alpha value is -2.18. The fraction of sp³-hybridized carbons (Fsp3) is 0.118. The van der Waals surface area contributed by atoms with Gasteiger partial charge in [-0.3, -0.25) is 9.71 Å². The Labute approximate surface area is 144 Å². The second kappa shape index (κ2) is 6.37. The van der Waals surface area contributed by atoms with E-state index in [0.29, 0.717) is 21.7 Å². The Kier molecular flexibility index (Phi) is 4.43. The maximum absolute atomic E-state index is 13.7. The van der Waals surface area contributed by atoms with Crippen LogP contribution in [0, 0.1) is 5.82 Å². The molecule has 24 heavy (non-hydrogen) atoms. The third-order valence-electron chi connectivity index (χ3n) is 3.67. The number of halogens is 2. The predicted octanol–water partition coefficient (Wildman–Crippen LogP) is 3.74. The van der Waals surface area contributed by atoms with Gasteiger partial charge in [-0.05, 0) is 30.7 Å². The topological polar surface area (TPSA) is 58.5 Å². The summed E-state index contributed by atoms with van der Waals surface area (Å²) in [5, 5.41) is 0.522. The van der Waals surface area contributed by atoms with Crippen LogP contribution in [0.4, 0.5) is 4.39 Å². The number of nitrogens with one attached hydrogen (secondary N) is 1. The molecule has 0 fully saturated rings. The van der Waals surface area contributed by atoms with Gasteiger partial charge < -0.3 is 0 Å². The minimum atomic E-state index is -3.70. The zero-order valence-electron chi connectivity index (χ0n) is 12.8. The Bertz CT molecular complexity index is 951. The number of nitrogens with zero attached hydrogens (tertiary/aromatic N) is 1. The van der Waals surface area contributed by atoms with Gasteiger partial charge in [0, 0.05) is 16.2 Å². The molecule has 4 nitrogen and oxygen atoms in total. The molecule has 0 spiro atoms. The van der Waals surface area contributed by atoms with Crippen LogP contribution in [0.25, 0.3) is 4.91 Å². The number of sulfonamides is 1. The second-order valence-corrected chi connectivity index (χ2v) is 7.38. The molecule has 0 amide bonds. The number of aliphatic imine (C=N–C) groups is 1. The molecule has 0 aliphatic carbocycles. The molecule has 1 aliphatic heterocycles. The van der Waals surface area contributed by atoms with Crippen molar-refractivity contribution in [1.82, 2.24) is 4.72 Å². The molecule has 3 rings (SSSR count). The third kappa shape index (κ3) is 3.20. The lowest BCUT2D eigenvalue weighted by atomic mass is 10.1. The maximum atomic E-state index is 13.7. The summed E-state index contributed by atoms with van der Waals surface area (Å²) in [4.78, 5) is 4.39. The largest absolute Gasteiger partial charge is 0.264 e. The molecular formula is C17H14ClFN2O2S. The molecule has 0 unspecified atom stereocenters. The smallest absolute Gasteiger partial charge is 0.263 e. The van der Waals surface area contributed by atoms with Crippen molar-refractivity contribution in [3.8, 4) is 0 Å². The SMILES string of the molecule is CC1=C(c2ccc(Cl)cc2)S(=O)(=O)NC1=NCc1ccccc1F. The standard InChI is InChI=1S/C17H14ClFN2O2S/c1-11-16(12-6-8-14(18)9-7-12)24(22,23)21-17(11)20-10-13-4-2-3-5-15(13)19/h2-9H,10H2,1H3,(H,20,21). The van der Waals surface area contributed by atoms with Gasteiger partial charge >= 0.3 is 0 Å². The van der Waals surface area contributed by atoms with E-state index in [2.05, 4.69) is 9.71 Å². The highest BCUT2D eigenvalue weighted by molar-refractivity contribution is 8.00. The van der Waals surface area contributed by atoms with E-state index >= 15 is 0 Å². The van der Waals surface area contributed by atoms with Crippen LogP contribution >= 0.6 is 11.6 Å². The van der Waals surface area contributed by atoms with Gasteiger partial charge in [0.1, 0.15) is 16.6 Å². The first kappa shape index (κ1) is 16.7. The molecule has 0 bridgehead atoms. The van der Waals surface area contributed by atoms with Crippen molar-refractivity contribution < 1.29 is 12.8 Å². The number of hydrogen-bond donors (Lipinski definition) is 1. The van der Waals surface area contributed by atoms with E-state index in [-0.39, 0.29) is 23.1 Å². The highest BCUT2D eigenvalue weighted by Crippen LogP contribution is 2.30. The zero-order chi connectivity index (χ0) is 17.3. The maximum Gasteiger partial charge on any atom is 0.264 e. The first-order valence-electron chi connectivity index (χ1n) is 7.16. The normalized spacial score (nSPS) is 18.0. The van der Waals surface area contributed by atoms with Crippen LogP contribution in [0.2, 0.25) is 5.02 Å². The Morgan fingerprint density at radius 1 is 1.12 bits per heavy atom. The molecule has 7 heteroatoms. The van der Waals surface area contributed by atoms with Crippen molar-refractivity contribution in [1.29, 1.82) is 0 Å². The van der Waals surface area contributed by atoms with E-state index in [1.807, 2.05) is 0 Å². The molecule has 1 heterocycles. The molecule has 0 radical (unpaired) electrons. The molecular weight excluding hydrogens is 351 g/mol. The summed E-state index contributed by atoms with van der Waals surface area (Å²) < 4.78 is 40.9. The van der Waals surface area contributed by atoms with Crippen molar-refractivity contribution in [2.45, 2.75) is 13.5 Å². The monoisotopic (exact) mass is 364 g/mol. The van der Waals surface area contributed by atoms with Crippen molar-refractivity contribution in [2.75, 3.05) is 0 Å². The lowest BCUT2D eigenvalue weighted by molar-refractivity contribution is 0.603. The van der Waals surface area contributed by atoms with E-state index in [1.165, 1.54) is 6.07 Å². The highest BCUT2D eigenvalue weighted by atomic mass is 35.5. The van der Waals surface area contributed by atoms with Gasteiger partial charge in [-0.25, -0.2) is 12.8 Å². The van der Waals surface area contributed by atoms with Gasteiger partial charge in [0.05, 0.1) is 6.54 Å². The Morgan fingerprint density at radius 2 is 1.79 bits per heavy atom. The Balaban J connectivity index is 1.98. The van der Waals surface area contributed by atoms with Gasteiger partial charge in [0.25, 0.3) is 10.0 Å². The zero-order valence-corrected chi connectivity index (χ0v) is 14.3. The molecule has 124 valence electrons. The van der Waals surface area contributed by atoms with E-state index in [9.17, 15) is 12.8 Å². The first-order chi connectivity index (χ1) is 11.4. The van der Waals surface area contributed by atoms with Gasteiger partial charge in [0.2, 0.25) is 0 Å². The average molecular weight is 365 g/mol. The van der Waals surface area contributed by atoms with Crippen molar-refractivity contribution >= 4 is 32.4 Å². The molecule has 1 N–H and O–H groups in total. The summed E-state index contributed by atoms with van der Waals surface area (Å²) in [7, 11) is -3.70. The van der Waals surface area contributed by atoms with Crippen LogP contribution in [-0.2, 0) is 16.6 Å². The Morgan fingerprint density at radius 3 is 2.46 bits per heavy atom. The van der Waals surface area contributed by atoms with Crippen LogP contribution in [0.3, 0.4) is 0 Å². The number of amidine groups is 1. The summed E-state index contributed by atoms with van der Waals surface area (Å²) in [6.07, 6.45) is 0. The summed E-state index contributed by atoms with van der Waals surface area (Å²) in [6, 6.07) is 12.8. The lowest BCUT2D eigenvalue weighted by Crippen LogP contribution is -2.23. The van der Waals surface area contributed by atoms with Crippen molar-refractivity contribution in [3.63, 3.8) is 0 Å². The molecule has 2 aromatic rings. The van der Waals surface area contributed by atoms with Gasteiger partial charge in [0.15, 0.2) is 0 Å². The van der Waals surface area contributed by atoms with Crippen LogP contribution in [-0.4, -0.2) is 14.3 Å². The number of hydrogen-bond acceptors (Lipinski definition) is 3. The summed E-state index contributed by atoms with van der Waals surface area (Å²) in [6.45, 7) is 1.72. The number of benzene rings is 2. The first-order valence-corrected chi connectivity index (χ1v) is 9.02.